The summed E-state index contributed by atoms with van der Waals surface area (Å²) in [7, 11) is 1.66. The normalized spacial score (nSPS) is 10.5. The van der Waals surface area contributed by atoms with Crippen LogP contribution < -0.4 is 5.32 Å². The van der Waals surface area contributed by atoms with E-state index in [1.807, 2.05) is 48.9 Å². The van der Waals surface area contributed by atoms with Crippen molar-refractivity contribution in [2.24, 2.45) is 0 Å². The summed E-state index contributed by atoms with van der Waals surface area (Å²) in [4.78, 5) is 11.3. The second-order valence-electron chi connectivity index (χ2n) is 4.57. The van der Waals surface area contributed by atoms with Crippen LogP contribution in [0.3, 0.4) is 0 Å². The van der Waals surface area contributed by atoms with Crippen LogP contribution in [-0.2, 0) is 11.2 Å². The molecule has 2 rings (SSSR count). The lowest BCUT2D eigenvalue weighted by atomic mass is 10.1. The molecule has 1 N–H and O–H groups in total. The second-order valence-corrected chi connectivity index (χ2v) is 4.57. The first-order chi connectivity index (χ1) is 9.13. The van der Waals surface area contributed by atoms with E-state index in [-0.39, 0.29) is 5.91 Å². The molecule has 0 fully saturated rings. The van der Waals surface area contributed by atoms with Crippen LogP contribution in [0.5, 0.6) is 0 Å². The molecule has 0 aliphatic heterocycles. The SMILES string of the molecule is CNC(=O)CCc1c(C)nn(-c2ccccc2)c1C. The fourth-order valence-electron chi connectivity index (χ4n) is 2.22. The van der Waals surface area contributed by atoms with E-state index in [4.69, 9.17) is 0 Å². The van der Waals surface area contributed by atoms with Gasteiger partial charge in [-0.25, -0.2) is 4.68 Å². The molecule has 0 unspecified atom stereocenters. The number of carbonyl (C=O) groups excluding carboxylic acids is 1. The standard InChI is InChI=1S/C15H19N3O/c1-11-14(9-10-15(19)16-3)12(2)18(17-11)13-7-5-4-6-8-13/h4-8H,9-10H2,1-3H3,(H,16,19). The highest BCUT2D eigenvalue weighted by Gasteiger charge is 2.13. The Morgan fingerprint density at radius 3 is 2.58 bits per heavy atom. The molecule has 0 spiro atoms. The monoisotopic (exact) mass is 257 g/mol. The number of rotatable bonds is 4. The lowest BCUT2D eigenvalue weighted by Gasteiger charge is -2.05. The van der Waals surface area contributed by atoms with Crippen LogP contribution in [0.2, 0.25) is 0 Å². The molecule has 0 aliphatic rings. The van der Waals surface area contributed by atoms with Gasteiger partial charge < -0.3 is 5.32 Å². The summed E-state index contributed by atoms with van der Waals surface area (Å²) in [6.45, 7) is 4.04. The molecule has 4 nitrogen and oxygen atoms in total. The Morgan fingerprint density at radius 2 is 1.95 bits per heavy atom. The van der Waals surface area contributed by atoms with Crippen LogP contribution in [0.15, 0.2) is 30.3 Å². The van der Waals surface area contributed by atoms with Crippen LogP contribution >= 0.6 is 0 Å². The van der Waals surface area contributed by atoms with Crippen LogP contribution in [0.4, 0.5) is 0 Å². The average molecular weight is 257 g/mol. The second kappa shape index (κ2) is 5.69. The van der Waals surface area contributed by atoms with Crippen molar-refractivity contribution in [3.05, 3.63) is 47.3 Å². The van der Waals surface area contributed by atoms with Gasteiger partial charge in [0.1, 0.15) is 0 Å². The molecule has 1 aromatic carbocycles. The quantitative estimate of drug-likeness (QED) is 0.912. The van der Waals surface area contributed by atoms with E-state index in [2.05, 4.69) is 10.4 Å². The maximum absolute atomic E-state index is 11.3. The number of hydrogen-bond acceptors (Lipinski definition) is 2. The number of amides is 1. The molecule has 1 aromatic heterocycles. The zero-order valence-corrected chi connectivity index (χ0v) is 11.6. The number of aryl methyl sites for hydroxylation is 1. The maximum atomic E-state index is 11.3. The predicted octanol–water partition coefficient (Wildman–Crippen LogP) is 2.17. The average Bonchev–Trinajstić information content (AvgIpc) is 2.72. The zero-order valence-electron chi connectivity index (χ0n) is 11.6. The summed E-state index contributed by atoms with van der Waals surface area (Å²) in [6.07, 6.45) is 1.23. The van der Waals surface area contributed by atoms with Gasteiger partial charge in [-0.3, -0.25) is 4.79 Å². The highest BCUT2D eigenvalue weighted by atomic mass is 16.1. The molecule has 19 heavy (non-hydrogen) atoms. The van der Waals surface area contributed by atoms with Gasteiger partial charge in [0.05, 0.1) is 11.4 Å². The van der Waals surface area contributed by atoms with Gasteiger partial charge in [-0.1, -0.05) is 18.2 Å². The number of nitrogens with one attached hydrogen (secondary N) is 1. The van der Waals surface area contributed by atoms with E-state index < -0.39 is 0 Å². The van der Waals surface area contributed by atoms with Crippen LogP contribution in [0, 0.1) is 13.8 Å². The third-order valence-electron chi connectivity index (χ3n) is 3.32. The molecule has 4 heteroatoms. The van der Waals surface area contributed by atoms with Crippen molar-refractivity contribution in [1.29, 1.82) is 0 Å². The van der Waals surface area contributed by atoms with Crippen LogP contribution in [-0.4, -0.2) is 22.7 Å². The first kappa shape index (κ1) is 13.3. The van der Waals surface area contributed by atoms with Gasteiger partial charge in [-0.2, -0.15) is 5.10 Å². The molecule has 1 heterocycles. The van der Waals surface area contributed by atoms with E-state index in [0.717, 1.165) is 29.1 Å². The number of nitrogens with zero attached hydrogens (tertiary/aromatic N) is 2. The largest absolute Gasteiger partial charge is 0.359 e. The molecule has 2 aromatic rings. The van der Waals surface area contributed by atoms with Gasteiger partial charge in [0.25, 0.3) is 0 Å². The van der Waals surface area contributed by atoms with Gasteiger partial charge >= 0.3 is 0 Å². The van der Waals surface area contributed by atoms with E-state index in [1.165, 1.54) is 0 Å². The van der Waals surface area contributed by atoms with Crippen LogP contribution in [0.1, 0.15) is 23.4 Å². The molecule has 0 radical (unpaired) electrons. The van der Waals surface area contributed by atoms with Gasteiger partial charge in [0, 0.05) is 19.2 Å². The molecule has 1 amide bonds. The number of benzene rings is 1. The summed E-state index contributed by atoms with van der Waals surface area (Å²) in [5.41, 5.74) is 4.31. The van der Waals surface area contributed by atoms with E-state index in [0.29, 0.717) is 6.42 Å². The van der Waals surface area contributed by atoms with Crippen molar-refractivity contribution < 1.29 is 4.79 Å². The maximum Gasteiger partial charge on any atom is 0.220 e. The van der Waals surface area contributed by atoms with Crippen LogP contribution in [0.25, 0.3) is 5.69 Å². The molecule has 100 valence electrons. The van der Waals surface area contributed by atoms with Crippen molar-refractivity contribution in [2.75, 3.05) is 7.05 Å². The number of carbonyl (C=O) groups is 1. The smallest absolute Gasteiger partial charge is 0.220 e. The van der Waals surface area contributed by atoms with E-state index in [1.54, 1.807) is 7.05 Å². The number of hydrogen-bond donors (Lipinski definition) is 1. The number of para-hydroxylation sites is 1. The van der Waals surface area contributed by atoms with Crippen molar-refractivity contribution in [3.8, 4) is 5.69 Å². The Balaban J connectivity index is 2.27. The predicted molar refractivity (Wildman–Crippen MR) is 75.4 cm³/mol. The third kappa shape index (κ3) is 2.84. The van der Waals surface area contributed by atoms with Crippen molar-refractivity contribution in [1.82, 2.24) is 15.1 Å². The molecule has 0 bridgehead atoms. The minimum Gasteiger partial charge on any atom is -0.359 e. The lowest BCUT2D eigenvalue weighted by Crippen LogP contribution is -2.18. The Kier molecular flexibility index (Phi) is 4.00. The highest BCUT2D eigenvalue weighted by molar-refractivity contribution is 5.75. The van der Waals surface area contributed by atoms with Gasteiger partial charge in [0.2, 0.25) is 5.91 Å². The Bertz CT molecular complexity index is 573. The Hall–Kier alpha value is -2.10. The minimum absolute atomic E-state index is 0.0614. The Labute approximate surface area is 113 Å². The number of aromatic nitrogens is 2. The van der Waals surface area contributed by atoms with Crippen molar-refractivity contribution >= 4 is 5.91 Å². The third-order valence-corrected chi connectivity index (χ3v) is 3.32. The van der Waals surface area contributed by atoms with E-state index >= 15 is 0 Å². The summed E-state index contributed by atoms with van der Waals surface area (Å²) < 4.78 is 1.94. The first-order valence-corrected chi connectivity index (χ1v) is 6.44. The van der Waals surface area contributed by atoms with Gasteiger partial charge in [-0.15, -0.1) is 0 Å². The minimum atomic E-state index is 0.0614. The van der Waals surface area contributed by atoms with Crippen molar-refractivity contribution in [3.63, 3.8) is 0 Å². The Morgan fingerprint density at radius 1 is 1.26 bits per heavy atom. The molecule has 0 saturated heterocycles. The topological polar surface area (TPSA) is 46.9 Å². The lowest BCUT2D eigenvalue weighted by molar-refractivity contribution is -0.120. The molecule has 0 saturated carbocycles. The molecule has 0 aliphatic carbocycles. The van der Waals surface area contributed by atoms with E-state index in [9.17, 15) is 4.79 Å². The molecular weight excluding hydrogens is 238 g/mol. The fraction of sp³-hybridized carbons (Fsp3) is 0.333. The van der Waals surface area contributed by atoms with Gasteiger partial charge in [-0.05, 0) is 38.0 Å². The van der Waals surface area contributed by atoms with Gasteiger partial charge in [0.15, 0.2) is 0 Å². The zero-order chi connectivity index (χ0) is 13.8. The first-order valence-electron chi connectivity index (χ1n) is 6.44. The highest BCUT2D eigenvalue weighted by Crippen LogP contribution is 2.19. The summed E-state index contributed by atoms with van der Waals surface area (Å²) in [5.74, 6) is 0.0614. The summed E-state index contributed by atoms with van der Waals surface area (Å²) >= 11 is 0. The molecule has 0 atom stereocenters. The summed E-state index contributed by atoms with van der Waals surface area (Å²) in [5, 5.41) is 7.22. The summed E-state index contributed by atoms with van der Waals surface area (Å²) in [6, 6.07) is 10.0. The van der Waals surface area contributed by atoms with Crippen molar-refractivity contribution in [2.45, 2.75) is 26.7 Å². The molecular formula is C15H19N3O. The fourth-order valence-corrected chi connectivity index (χ4v) is 2.22.